The van der Waals surface area contributed by atoms with Gasteiger partial charge in [0.05, 0.1) is 22.0 Å². The number of nitrogens with one attached hydrogen (secondary N) is 3. The number of nitrogens with zero attached hydrogens (tertiary/aromatic N) is 4. The van der Waals surface area contributed by atoms with Gasteiger partial charge in [0, 0.05) is 30.7 Å². The summed E-state index contributed by atoms with van der Waals surface area (Å²) in [6, 6.07) is 13.3. The monoisotopic (exact) mass is 473 g/mol. The van der Waals surface area contributed by atoms with Crippen molar-refractivity contribution >= 4 is 50.8 Å². The number of piperidine rings is 1. The van der Waals surface area contributed by atoms with E-state index in [1.807, 2.05) is 42.5 Å². The van der Waals surface area contributed by atoms with Crippen LogP contribution in [-0.2, 0) is 9.59 Å². The molecule has 0 bridgehead atoms. The number of carbonyl (C=O) groups is 2. The molecule has 1 aromatic carbocycles. The Bertz CT molecular complexity index is 1330. The molecule has 0 unspecified atom stereocenters. The van der Waals surface area contributed by atoms with E-state index in [0.717, 1.165) is 40.1 Å². The maximum atomic E-state index is 12.7. The van der Waals surface area contributed by atoms with E-state index in [1.165, 1.54) is 17.6 Å². The fourth-order valence-corrected chi connectivity index (χ4v) is 4.68. The van der Waals surface area contributed by atoms with Gasteiger partial charge < -0.3 is 15.5 Å². The fourth-order valence-electron chi connectivity index (χ4n) is 4.00. The molecule has 5 rings (SSSR count). The quantitative estimate of drug-likeness (QED) is 0.362. The largest absolute Gasteiger partial charge is 0.338 e. The van der Waals surface area contributed by atoms with Crippen LogP contribution in [0, 0.1) is 5.92 Å². The lowest BCUT2D eigenvalue weighted by Crippen LogP contribution is -2.43. The second kappa shape index (κ2) is 9.44. The smallest absolute Gasteiger partial charge is 0.245 e. The van der Waals surface area contributed by atoms with Gasteiger partial charge in [0.25, 0.3) is 0 Å². The third-order valence-corrected chi connectivity index (χ3v) is 6.59. The summed E-state index contributed by atoms with van der Waals surface area (Å²) in [6.45, 7) is 4.61. The molecule has 1 aliphatic rings. The molecule has 0 spiro atoms. The summed E-state index contributed by atoms with van der Waals surface area (Å²) in [5.41, 5.74) is 3.95. The summed E-state index contributed by atoms with van der Waals surface area (Å²) in [6.07, 6.45) is 4.55. The van der Waals surface area contributed by atoms with E-state index in [9.17, 15) is 9.59 Å². The number of carbonyl (C=O) groups excluding carboxylic acids is 2. The zero-order valence-electron chi connectivity index (χ0n) is 18.3. The third kappa shape index (κ3) is 4.53. The molecule has 0 radical (unpaired) electrons. The maximum Gasteiger partial charge on any atom is 0.245 e. The summed E-state index contributed by atoms with van der Waals surface area (Å²) in [5, 5.41) is 13.2. The summed E-state index contributed by atoms with van der Waals surface area (Å²) in [4.78, 5) is 31.0. The van der Waals surface area contributed by atoms with Gasteiger partial charge in [-0.2, -0.15) is 9.47 Å². The van der Waals surface area contributed by atoms with Gasteiger partial charge >= 0.3 is 0 Å². The van der Waals surface area contributed by atoms with Crippen LogP contribution in [0.25, 0.3) is 21.6 Å². The first-order valence-electron chi connectivity index (χ1n) is 11.0. The molecule has 4 heterocycles. The van der Waals surface area contributed by atoms with Crippen molar-refractivity contribution < 1.29 is 9.59 Å². The molecule has 1 saturated heterocycles. The average molecular weight is 474 g/mol. The van der Waals surface area contributed by atoms with Crippen molar-refractivity contribution in [2.45, 2.75) is 12.8 Å². The van der Waals surface area contributed by atoms with E-state index in [2.05, 4.69) is 31.8 Å². The number of hydrogen-bond acceptors (Lipinski definition) is 7. The molecule has 1 fully saturated rings. The molecule has 34 heavy (non-hydrogen) atoms. The molecule has 3 N–H and O–H groups in total. The molecule has 0 saturated carbocycles. The summed E-state index contributed by atoms with van der Waals surface area (Å²) in [5.74, 6) is 0.233. The van der Waals surface area contributed by atoms with Crippen molar-refractivity contribution in [3.8, 4) is 11.4 Å². The zero-order valence-corrected chi connectivity index (χ0v) is 19.1. The van der Waals surface area contributed by atoms with Crippen LogP contribution in [0.15, 0.2) is 61.3 Å². The Morgan fingerprint density at radius 1 is 1.15 bits per heavy atom. The van der Waals surface area contributed by atoms with Crippen molar-refractivity contribution in [3.63, 3.8) is 0 Å². The first kappa shape index (κ1) is 21.8. The minimum atomic E-state index is -0.230. The molecule has 4 aromatic rings. The Hall–Kier alpha value is -4.05. The van der Waals surface area contributed by atoms with Crippen LogP contribution < -0.4 is 10.6 Å². The Kier molecular flexibility index (Phi) is 6.05. The number of aromatic nitrogens is 4. The molecular formula is C24H23N7O2S. The summed E-state index contributed by atoms with van der Waals surface area (Å²) < 4.78 is 5.48. The standard InChI is InChI=1S/C24H23N7O2S/c1-2-21(32)31-13-3-4-15(14-31)24(33)27-17-7-5-16(6-8-17)26-23-22-20(34-30-23)10-9-18(28-22)19-11-12-25-29-19/h2,5-12,15H,1,3-4,13-14H2,(H,25,29)(H,26,30)(H,27,33)/t15-/m0/s1. The minimum absolute atomic E-state index is 0.0803. The number of hydrogen-bond donors (Lipinski definition) is 3. The first-order chi connectivity index (χ1) is 16.6. The highest BCUT2D eigenvalue weighted by Crippen LogP contribution is 2.30. The van der Waals surface area contributed by atoms with Crippen molar-refractivity contribution in [1.82, 2.24) is 24.5 Å². The second-order valence-electron chi connectivity index (χ2n) is 8.06. The molecule has 2 amide bonds. The Balaban J connectivity index is 1.25. The molecule has 10 heteroatoms. The normalized spacial score (nSPS) is 15.8. The highest BCUT2D eigenvalue weighted by Gasteiger charge is 2.27. The van der Waals surface area contributed by atoms with Crippen molar-refractivity contribution in [3.05, 3.63) is 61.3 Å². The number of fused-ring (bicyclic) bond motifs is 1. The Labute approximate surface area is 200 Å². The number of pyridine rings is 1. The van der Waals surface area contributed by atoms with E-state index >= 15 is 0 Å². The maximum absolute atomic E-state index is 12.7. The lowest BCUT2D eigenvalue weighted by molar-refractivity contribution is -0.130. The van der Waals surface area contributed by atoms with Crippen LogP contribution in [0.3, 0.4) is 0 Å². The van der Waals surface area contributed by atoms with E-state index in [0.29, 0.717) is 24.6 Å². The lowest BCUT2D eigenvalue weighted by atomic mass is 9.97. The molecule has 3 aromatic heterocycles. The first-order valence-corrected chi connectivity index (χ1v) is 11.7. The van der Waals surface area contributed by atoms with Crippen LogP contribution in [0.2, 0.25) is 0 Å². The number of rotatable bonds is 6. The molecule has 1 aliphatic heterocycles. The number of H-pyrrole nitrogens is 1. The van der Waals surface area contributed by atoms with E-state index in [4.69, 9.17) is 4.98 Å². The van der Waals surface area contributed by atoms with Crippen molar-refractivity contribution in [2.24, 2.45) is 5.92 Å². The van der Waals surface area contributed by atoms with Gasteiger partial charge in [-0.3, -0.25) is 14.7 Å². The summed E-state index contributed by atoms with van der Waals surface area (Å²) in [7, 11) is 0. The molecule has 1 atom stereocenters. The zero-order chi connectivity index (χ0) is 23.5. The highest BCUT2D eigenvalue weighted by atomic mass is 32.1. The second-order valence-corrected chi connectivity index (χ2v) is 8.87. The van der Waals surface area contributed by atoms with Crippen LogP contribution in [0.5, 0.6) is 0 Å². The van der Waals surface area contributed by atoms with Gasteiger partial charge in [-0.15, -0.1) is 0 Å². The van der Waals surface area contributed by atoms with Gasteiger partial charge in [0.1, 0.15) is 5.52 Å². The van der Waals surface area contributed by atoms with Crippen molar-refractivity contribution in [2.75, 3.05) is 23.7 Å². The predicted molar refractivity (Wildman–Crippen MR) is 133 cm³/mol. The number of benzene rings is 1. The van der Waals surface area contributed by atoms with E-state index in [1.54, 1.807) is 11.1 Å². The highest BCUT2D eigenvalue weighted by molar-refractivity contribution is 7.13. The van der Waals surface area contributed by atoms with Crippen LogP contribution in [0.1, 0.15) is 12.8 Å². The molecule has 0 aliphatic carbocycles. The van der Waals surface area contributed by atoms with Crippen LogP contribution in [-0.4, -0.2) is 49.4 Å². The molecule has 172 valence electrons. The lowest BCUT2D eigenvalue weighted by Gasteiger charge is -2.31. The molecular weight excluding hydrogens is 450 g/mol. The minimum Gasteiger partial charge on any atom is -0.338 e. The fraction of sp³-hybridized carbons (Fsp3) is 0.208. The molecule has 9 nitrogen and oxygen atoms in total. The average Bonchev–Trinajstić information content (AvgIpc) is 3.55. The number of likely N-dealkylation sites (tertiary alicyclic amines) is 1. The van der Waals surface area contributed by atoms with Crippen LogP contribution >= 0.6 is 11.5 Å². The Morgan fingerprint density at radius 2 is 1.97 bits per heavy atom. The predicted octanol–water partition coefficient (Wildman–Crippen LogP) is 4.19. The van der Waals surface area contributed by atoms with E-state index in [-0.39, 0.29) is 17.7 Å². The summed E-state index contributed by atoms with van der Waals surface area (Å²) >= 11 is 1.38. The van der Waals surface area contributed by atoms with Crippen molar-refractivity contribution in [1.29, 1.82) is 0 Å². The van der Waals surface area contributed by atoms with Gasteiger partial charge in [-0.25, -0.2) is 4.98 Å². The van der Waals surface area contributed by atoms with E-state index < -0.39 is 0 Å². The topological polar surface area (TPSA) is 116 Å². The van der Waals surface area contributed by atoms with Gasteiger partial charge in [0.2, 0.25) is 11.8 Å². The SMILES string of the molecule is C=CC(=O)N1CCC[C@H](C(=O)Nc2ccc(Nc3nsc4ccc(-c5ccn[nH]5)nc34)cc2)C1. The van der Waals surface area contributed by atoms with Gasteiger partial charge in [0.15, 0.2) is 5.82 Å². The van der Waals surface area contributed by atoms with Gasteiger partial charge in [-0.05, 0) is 72.9 Å². The number of aromatic amines is 1. The number of amides is 2. The third-order valence-electron chi connectivity index (χ3n) is 5.79. The van der Waals surface area contributed by atoms with Gasteiger partial charge in [-0.1, -0.05) is 6.58 Å². The van der Waals surface area contributed by atoms with Crippen LogP contribution in [0.4, 0.5) is 17.2 Å². The number of anilines is 3. The Morgan fingerprint density at radius 3 is 2.74 bits per heavy atom.